The Morgan fingerprint density at radius 1 is 0.571 bits per heavy atom. The molecular weight excluding hydrogens is 258 g/mol. The molecule has 0 aliphatic heterocycles. The molecule has 1 aromatic heterocycles. The van der Waals surface area contributed by atoms with Gasteiger partial charge in [0.15, 0.2) is 0 Å². The Morgan fingerprint density at radius 3 is 1.62 bits per heavy atom. The lowest BCUT2D eigenvalue weighted by atomic mass is 9.89. The molecule has 0 amide bonds. The van der Waals surface area contributed by atoms with Gasteiger partial charge in [0.25, 0.3) is 0 Å². The number of aromatic hydroxyl groups is 1. The summed E-state index contributed by atoms with van der Waals surface area (Å²) >= 11 is 0. The molecule has 0 radical (unpaired) electrons. The zero-order valence-electron chi connectivity index (χ0n) is 14.4. The largest absolute Gasteiger partial charge is 0.507 e. The zero-order chi connectivity index (χ0) is 16.1. The number of pyridine rings is 1. The molecule has 2 rings (SSSR count). The number of benzene rings is 1. The van der Waals surface area contributed by atoms with Crippen LogP contribution in [0.25, 0.3) is 11.3 Å². The second kappa shape index (κ2) is 5.18. The van der Waals surface area contributed by atoms with Crippen molar-refractivity contribution in [2.75, 3.05) is 0 Å². The van der Waals surface area contributed by atoms with Crippen LogP contribution in [-0.4, -0.2) is 10.1 Å². The van der Waals surface area contributed by atoms with Gasteiger partial charge in [-0.2, -0.15) is 0 Å². The molecule has 1 N–H and O–H groups in total. The second-order valence-electron chi connectivity index (χ2n) is 6.14. The van der Waals surface area contributed by atoms with Crippen LogP contribution < -0.4 is 0 Å². The highest BCUT2D eigenvalue weighted by atomic mass is 16.3. The molecule has 2 nitrogen and oxygen atoms in total. The molecule has 0 bridgehead atoms. The van der Waals surface area contributed by atoms with Gasteiger partial charge < -0.3 is 5.11 Å². The molecule has 0 saturated heterocycles. The standard InChI is InChI=1S/C19H25NO/c1-9-10(2)15(7)19(21)17(13(9)5)18-14(6)11(3)12(4)16(8)20-18/h21H,1-8H3. The summed E-state index contributed by atoms with van der Waals surface area (Å²) in [5, 5.41) is 10.7. The van der Waals surface area contributed by atoms with E-state index < -0.39 is 0 Å². The number of rotatable bonds is 1. The van der Waals surface area contributed by atoms with Gasteiger partial charge in [-0.1, -0.05) is 0 Å². The molecule has 21 heavy (non-hydrogen) atoms. The van der Waals surface area contributed by atoms with Crippen molar-refractivity contribution in [3.05, 3.63) is 44.6 Å². The third kappa shape index (κ3) is 2.23. The minimum absolute atomic E-state index is 0.369. The maximum absolute atomic E-state index is 10.7. The second-order valence-corrected chi connectivity index (χ2v) is 6.14. The molecule has 0 aliphatic rings. The number of phenolic OH excluding ortho intramolecular Hbond substituents is 1. The fourth-order valence-electron chi connectivity index (χ4n) is 2.89. The summed E-state index contributed by atoms with van der Waals surface area (Å²) < 4.78 is 0. The molecule has 0 spiro atoms. The van der Waals surface area contributed by atoms with Crippen molar-refractivity contribution in [2.45, 2.75) is 55.4 Å². The molecule has 0 unspecified atom stereocenters. The van der Waals surface area contributed by atoms with E-state index in [0.717, 1.165) is 39.2 Å². The first-order valence-electron chi connectivity index (χ1n) is 7.42. The maximum atomic E-state index is 10.7. The first-order chi connectivity index (χ1) is 9.68. The van der Waals surface area contributed by atoms with E-state index in [2.05, 4.69) is 41.5 Å². The van der Waals surface area contributed by atoms with E-state index in [0.29, 0.717) is 5.75 Å². The smallest absolute Gasteiger partial charge is 0.128 e. The number of aromatic nitrogens is 1. The van der Waals surface area contributed by atoms with E-state index in [4.69, 9.17) is 4.98 Å². The van der Waals surface area contributed by atoms with Crippen LogP contribution in [0.4, 0.5) is 0 Å². The van der Waals surface area contributed by atoms with E-state index >= 15 is 0 Å². The Kier molecular flexibility index (Phi) is 3.83. The molecule has 0 saturated carbocycles. The van der Waals surface area contributed by atoms with Crippen LogP contribution in [0.2, 0.25) is 0 Å². The van der Waals surface area contributed by atoms with Crippen molar-refractivity contribution in [3.8, 4) is 17.0 Å². The first-order valence-corrected chi connectivity index (χ1v) is 7.42. The van der Waals surface area contributed by atoms with Crippen LogP contribution in [0, 0.1) is 55.4 Å². The number of phenols is 1. The van der Waals surface area contributed by atoms with Gasteiger partial charge in [-0.15, -0.1) is 0 Å². The molecule has 0 atom stereocenters. The van der Waals surface area contributed by atoms with Gasteiger partial charge in [-0.3, -0.25) is 4.98 Å². The van der Waals surface area contributed by atoms with Gasteiger partial charge in [-0.05, 0) is 94.3 Å². The van der Waals surface area contributed by atoms with Crippen molar-refractivity contribution >= 4 is 0 Å². The highest BCUT2D eigenvalue weighted by Crippen LogP contribution is 2.40. The van der Waals surface area contributed by atoms with Gasteiger partial charge in [0.05, 0.1) is 5.69 Å². The van der Waals surface area contributed by atoms with Crippen LogP contribution in [0.15, 0.2) is 0 Å². The van der Waals surface area contributed by atoms with E-state index in [1.807, 2.05) is 13.8 Å². The van der Waals surface area contributed by atoms with Gasteiger partial charge in [0, 0.05) is 11.3 Å². The molecule has 0 fully saturated rings. The van der Waals surface area contributed by atoms with E-state index in [1.165, 1.54) is 16.7 Å². The number of hydrogen-bond donors (Lipinski definition) is 1. The minimum Gasteiger partial charge on any atom is -0.507 e. The van der Waals surface area contributed by atoms with Crippen LogP contribution in [0.1, 0.15) is 44.6 Å². The Labute approximate surface area is 127 Å². The molecule has 1 aromatic carbocycles. The Morgan fingerprint density at radius 2 is 1.05 bits per heavy atom. The highest BCUT2D eigenvalue weighted by Gasteiger charge is 2.20. The van der Waals surface area contributed by atoms with Crippen LogP contribution in [0.3, 0.4) is 0 Å². The summed E-state index contributed by atoms with van der Waals surface area (Å²) in [5.74, 6) is 0.369. The summed E-state index contributed by atoms with van der Waals surface area (Å²) in [6.07, 6.45) is 0. The van der Waals surface area contributed by atoms with Gasteiger partial charge in [-0.25, -0.2) is 0 Å². The van der Waals surface area contributed by atoms with Crippen LogP contribution >= 0.6 is 0 Å². The lowest BCUT2D eigenvalue weighted by Gasteiger charge is -2.20. The Hall–Kier alpha value is -1.83. The average molecular weight is 283 g/mol. The van der Waals surface area contributed by atoms with E-state index in [9.17, 15) is 5.11 Å². The molecule has 2 heteroatoms. The lowest BCUT2D eigenvalue weighted by molar-refractivity contribution is 0.471. The van der Waals surface area contributed by atoms with Gasteiger partial charge >= 0.3 is 0 Å². The van der Waals surface area contributed by atoms with Gasteiger partial charge in [0.2, 0.25) is 0 Å². The molecule has 1 heterocycles. The first kappa shape index (κ1) is 15.6. The van der Waals surface area contributed by atoms with Gasteiger partial charge in [0.1, 0.15) is 5.75 Å². The van der Waals surface area contributed by atoms with E-state index in [-0.39, 0.29) is 0 Å². The fraction of sp³-hybridized carbons (Fsp3) is 0.421. The van der Waals surface area contributed by atoms with Crippen LogP contribution in [0.5, 0.6) is 5.75 Å². The molecule has 112 valence electrons. The quantitative estimate of drug-likeness (QED) is 0.805. The van der Waals surface area contributed by atoms with E-state index in [1.54, 1.807) is 0 Å². The summed E-state index contributed by atoms with van der Waals surface area (Å²) in [4.78, 5) is 4.78. The third-order valence-corrected chi connectivity index (χ3v) is 5.19. The predicted molar refractivity (Wildman–Crippen MR) is 89.2 cm³/mol. The van der Waals surface area contributed by atoms with Crippen molar-refractivity contribution in [2.24, 2.45) is 0 Å². The normalized spacial score (nSPS) is 11.0. The topological polar surface area (TPSA) is 33.1 Å². The van der Waals surface area contributed by atoms with Crippen molar-refractivity contribution in [3.63, 3.8) is 0 Å². The van der Waals surface area contributed by atoms with Crippen LogP contribution in [-0.2, 0) is 0 Å². The summed E-state index contributed by atoms with van der Waals surface area (Å²) in [6.45, 7) is 16.6. The number of nitrogens with zero attached hydrogens (tertiary/aromatic N) is 1. The minimum atomic E-state index is 0.369. The molecule has 0 aliphatic carbocycles. The summed E-state index contributed by atoms with van der Waals surface area (Å²) in [5.41, 5.74) is 10.9. The third-order valence-electron chi connectivity index (χ3n) is 5.19. The number of hydrogen-bond acceptors (Lipinski definition) is 2. The average Bonchev–Trinajstić information content (AvgIpc) is 2.46. The lowest BCUT2D eigenvalue weighted by Crippen LogP contribution is -2.03. The Balaban J connectivity index is 2.93. The van der Waals surface area contributed by atoms with Crippen molar-refractivity contribution in [1.82, 2.24) is 4.98 Å². The maximum Gasteiger partial charge on any atom is 0.128 e. The summed E-state index contributed by atoms with van der Waals surface area (Å²) in [6, 6.07) is 0. The summed E-state index contributed by atoms with van der Waals surface area (Å²) in [7, 11) is 0. The molecular formula is C19H25NO. The number of aryl methyl sites for hydroxylation is 1. The highest BCUT2D eigenvalue weighted by molar-refractivity contribution is 5.78. The Bertz CT molecular complexity index is 713. The fourth-order valence-corrected chi connectivity index (χ4v) is 2.89. The SMILES string of the molecule is Cc1nc(-c2c(C)c(C)c(C)c(C)c2O)c(C)c(C)c1C. The monoisotopic (exact) mass is 283 g/mol. The zero-order valence-corrected chi connectivity index (χ0v) is 14.4. The predicted octanol–water partition coefficient (Wildman–Crippen LogP) is 4.92. The molecule has 2 aromatic rings. The van der Waals surface area contributed by atoms with Crippen molar-refractivity contribution in [1.29, 1.82) is 0 Å². The van der Waals surface area contributed by atoms with Crippen molar-refractivity contribution < 1.29 is 5.11 Å².